The molecule has 0 spiro atoms. The van der Waals surface area contributed by atoms with Crippen LogP contribution in [0.4, 0.5) is 0 Å². The number of rotatable bonds is 5. The third kappa shape index (κ3) is 4.01. The van der Waals surface area contributed by atoms with E-state index in [1.165, 1.54) is 7.11 Å². The number of carbonyl (C=O) groups excluding carboxylic acids is 2. The highest BCUT2D eigenvalue weighted by atomic mass is 16.5. The Labute approximate surface area is 191 Å². The van der Waals surface area contributed by atoms with Gasteiger partial charge < -0.3 is 10.1 Å². The summed E-state index contributed by atoms with van der Waals surface area (Å²) in [5.41, 5.74) is 1.97. The topological polar surface area (TPSA) is 68.3 Å². The van der Waals surface area contributed by atoms with Crippen LogP contribution in [0.25, 0.3) is 32.4 Å². The molecule has 5 aromatic rings. The summed E-state index contributed by atoms with van der Waals surface area (Å²) in [5.74, 6) is -0.915. The van der Waals surface area contributed by atoms with Crippen LogP contribution in [0.2, 0.25) is 0 Å². The van der Waals surface area contributed by atoms with E-state index < -0.39 is 17.9 Å². The maximum atomic E-state index is 13.1. The Morgan fingerprint density at radius 3 is 2.09 bits per heavy atom. The van der Waals surface area contributed by atoms with Crippen molar-refractivity contribution in [1.82, 2.24) is 10.3 Å². The number of methoxy groups -OCH3 is 1. The number of fused-ring (bicyclic) bond motifs is 3. The summed E-state index contributed by atoms with van der Waals surface area (Å²) in [5, 5.41) is 8.05. The second kappa shape index (κ2) is 8.71. The first-order valence-corrected chi connectivity index (χ1v) is 10.8. The van der Waals surface area contributed by atoms with Gasteiger partial charge in [0.1, 0.15) is 11.7 Å². The molecule has 0 radical (unpaired) electrons. The average molecular weight is 434 g/mol. The molecule has 1 N–H and O–H groups in total. The number of nitrogens with zero attached hydrogens (tertiary/aromatic N) is 1. The molecule has 0 fully saturated rings. The number of esters is 1. The minimum Gasteiger partial charge on any atom is -0.467 e. The third-order valence-electron chi connectivity index (χ3n) is 5.91. The van der Waals surface area contributed by atoms with Crippen LogP contribution >= 0.6 is 0 Å². The lowest BCUT2D eigenvalue weighted by atomic mass is 9.92. The molecule has 1 amide bonds. The quantitative estimate of drug-likeness (QED) is 0.310. The summed E-state index contributed by atoms with van der Waals surface area (Å²) in [6.07, 6.45) is 0.299. The number of hydrogen-bond acceptors (Lipinski definition) is 4. The van der Waals surface area contributed by atoms with E-state index in [0.717, 1.165) is 38.0 Å². The van der Waals surface area contributed by atoms with Crippen molar-refractivity contribution in [2.45, 2.75) is 12.5 Å². The number of para-hydroxylation sites is 1. The van der Waals surface area contributed by atoms with Crippen LogP contribution < -0.4 is 5.32 Å². The van der Waals surface area contributed by atoms with Crippen LogP contribution in [-0.2, 0) is 16.0 Å². The van der Waals surface area contributed by atoms with E-state index in [1.807, 2.05) is 66.7 Å². The SMILES string of the molecule is COC(=O)[C@H](Cc1c2ccccc2cc2ccccc12)NC(=O)c1ccc2ccccc2n1. The molecule has 5 rings (SSSR count). The second-order valence-corrected chi connectivity index (χ2v) is 7.94. The van der Waals surface area contributed by atoms with Crippen LogP contribution in [-0.4, -0.2) is 30.0 Å². The Balaban J connectivity index is 1.53. The van der Waals surface area contributed by atoms with Crippen molar-refractivity contribution in [1.29, 1.82) is 0 Å². The van der Waals surface area contributed by atoms with E-state index >= 15 is 0 Å². The lowest BCUT2D eigenvalue weighted by molar-refractivity contribution is -0.142. The molecule has 4 aromatic carbocycles. The molecule has 1 heterocycles. The standard InChI is InChI=1S/C28H22N2O3/c1-33-28(32)26(30-27(31)25-15-14-18-8-4-7-13-24(18)29-25)17-23-21-11-5-2-9-19(21)16-20-10-3-6-12-22(20)23/h2-16,26H,17H2,1H3,(H,30,31)/t26-/m0/s1. The molecule has 0 saturated heterocycles. The highest BCUT2D eigenvalue weighted by molar-refractivity contribution is 6.03. The van der Waals surface area contributed by atoms with Gasteiger partial charge in [-0.05, 0) is 45.3 Å². The first kappa shape index (κ1) is 20.6. The number of nitrogens with one attached hydrogen (secondary N) is 1. The molecule has 0 saturated carbocycles. The largest absolute Gasteiger partial charge is 0.467 e. The Morgan fingerprint density at radius 1 is 0.818 bits per heavy atom. The number of ether oxygens (including phenoxy) is 1. The molecule has 0 aliphatic carbocycles. The van der Waals surface area contributed by atoms with Crippen LogP contribution in [0.3, 0.4) is 0 Å². The van der Waals surface area contributed by atoms with Gasteiger partial charge in [0.05, 0.1) is 12.6 Å². The van der Waals surface area contributed by atoms with Crippen LogP contribution in [0, 0.1) is 0 Å². The monoisotopic (exact) mass is 434 g/mol. The van der Waals surface area contributed by atoms with Gasteiger partial charge in [-0.1, -0.05) is 72.8 Å². The predicted molar refractivity (Wildman–Crippen MR) is 130 cm³/mol. The molecule has 0 aliphatic heterocycles. The fourth-order valence-electron chi connectivity index (χ4n) is 4.29. The normalized spacial score (nSPS) is 12.0. The van der Waals surface area contributed by atoms with E-state index in [-0.39, 0.29) is 5.69 Å². The Bertz CT molecular complexity index is 1460. The van der Waals surface area contributed by atoms with E-state index in [2.05, 4.69) is 28.5 Å². The number of hydrogen-bond donors (Lipinski definition) is 1. The minimum absolute atomic E-state index is 0.255. The fourth-order valence-corrected chi connectivity index (χ4v) is 4.29. The zero-order valence-corrected chi connectivity index (χ0v) is 18.1. The predicted octanol–water partition coefficient (Wildman–Crippen LogP) is 5.06. The number of benzene rings is 4. The third-order valence-corrected chi connectivity index (χ3v) is 5.91. The Morgan fingerprint density at radius 2 is 1.42 bits per heavy atom. The summed E-state index contributed by atoms with van der Waals surface area (Å²) >= 11 is 0. The van der Waals surface area contributed by atoms with Crippen molar-refractivity contribution in [3.8, 4) is 0 Å². The van der Waals surface area contributed by atoms with Crippen LogP contribution in [0.5, 0.6) is 0 Å². The smallest absolute Gasteiger partial charge is 0.328 e. The maximum Gasteiger partial charge on any atom is 0.328 e. The van der Waals surface area contributed by atoms with Gasteiger partial charge in [0.25, 0.3) is 5.91 Å². The van der Waals surface area contributed by atoms with Crippen LogP contribution in [0.15, 0.2) is 91.0 Å². The van der Waals surface area contributed by atoms with E-state index in [4.69, 9.17) is 4.74 Å². The highest BCUT2D eigenvalue weighted by Crippen LogP contribution is 2.29. The van der Waals surface area contributed by atoms with Crippen molar-refractivity contribution >= 4 is 44.3 Å². The Hall–Kier alpha value is -4.25. The van der Waals surface area contributed by atoms with E-state index in [9.17, 15) is 9.59 Å². The summed E-state index contributed by atoms with van der Waals surface area (Å²) in [7, 11) is 1.33. The van der Waals surface area contributed by atoms with Gasteiger partial charge in [0.15, 0.2) is 0 Å². The van der Waals surface area contributed by atoms with Crippen molar-refractivity contribution in [2.75, 3.05) is 7.11 Å². The van der Waals surface area contributed by atoms with Gasteiger partial charge >= 0.3 is 5.97 Å². The van der Waals surface area contributed by atoms with Gasteiger partial charge in [-0.2, -0.15) is 0 Å². The number of amides is 1. The summed E-state index contributed by atoms with van der Waals surface area (Å²) in [6, 6.07) is 28.5. The molecule has 0 aliphatic rings. The molecular weight excluding hydrogens is 412 g/mol. The number of aromatic nitrogens is 1. The molecule has 0 unspecified atom stereocenters. The van der Waals surface area contributed by atoms with Crippen molar-refractivity contribution in [2.24, 2.45) is 0 Å². The lowest BCUT2D eigenvalue weighted by Crippen LogP contribution is -2.43. The molecule has 5 nitrogen and oxygen atoms in total. The molecule has 33 heavy (non-hydrogen) atoms. The average Bonchev–Trinajstić information content (AvgIpc) is 2.87. The van der Waals surface area contributed by atoms with E-state index in [1.54, 1.807) is 6.07 Å². The number of pyridine rings is 1. The van der Waals surface area contributed by atoms with Crippen molar-refractivity contribution < 1.29 is 14.3 Å². The minimum atomic E-state index is -0.856. The summed E-state index contributed by atoms with van der Waals surface area (Å²) in [6.45, 7) is 0. The molecule has 1 atom stereocenters. The van der Waals surface area contributed by atoms with Crippen LogP contribution in [0.1, 0.15) is 16.1 Å². The highest BCUT2D eigenvalue weighted by Gasteiger charge is 2.25. The lowest BCUT2D eigenvalue weighted by Gasteiger charge is -2.19. The summed E-state index contributed by atoms with van der Waals surface area (Å²) in [4.78, 5) is 30.2. The fraction of sp³-hybridized carbons (Fsp3) is 0.107. The number of carbonyl (C=O) groups is 2. The first-order valence-electron chi connectivity index (χ1n) is 10.8. The van der Waals surface area contributed by atoms with Gasteiger partial charge in [-0.25, -0.2) is 9.78 Å². The van der Waals surface area contributed by atoms with Gasteiger partial charge in [-0.15, -0.1) is 0 Å². The zero-order valence-electron chi connectivity index (χ0n) is 18.1. The van der Waals surface area contributed by atoms with Crippen molar-refractivity contribution in [3.05, 3.63) is 102 Å². The molecule has 1 aromatic heterocycles. The first-order chi connectivity index (χ1) is 16.1. The van der Waals surface area contributed by atoms with E-state index in [0.29, 0.717) is 6.42 Å². The molecule has 0 bridgehead atoms. The van der Waals surface area contributed by atoms with Crippen molar-refractivity contribution in [3.63, 3.8) is 0 Å². The molecule has 162 valence electrons. The maximum absolute atomic E-state index is 13.1. The second-order valence-electron chi connectivity index (χ2n) is 7.94. The molecular formula is C28H22N2O3. The van der Waals surface area contributed by atoms with Gasteiger partial charge in [0, 0.05) is 11.8 Å². The Kier molecular flexibility index (Phi) is 5.45. The molecule has 5 heteroatoms. The summed E-state index contributed by atoms with van der Waals surface area (Å²) < 4.78 is 5.04. The van der Waals surface area contributed by atoms with Gasteiger partial charge in [-0.3, -0.25) is 4.79 Å². The zero-order chi connectivity index (χ0) is 22.8. The van der Waals surface area contributed by atoms with Gasteiger partial charge in [0.2, 0.25) is 0 Å².